The van der Waals surface area contributed by atoms with Crippen LogP contribution in [0.5, 0.6) is 0 Å². The number of methoxy groups -OCH3 is 1. The van der Waals surface area contributed by atoms with E-state index in [1.54, 1.807) is 31.0 Å². The zero-order valence-corrected chi connectivity index (χ0v) is 13.3. The number of aromatic nitrogens is 4. The highest BCUT2D eigenvalue weighted by atomic mass is 32.1. The smallest absolute Gasteiger partial charge is 0.165 e. The van der Waals surface area contributed by atoms with Gasteiger partial charge in [0.1, 0.15) is 12.1 Å². The summed E-state index contributed by atoms with van der Waals surface area (Å²) in [4.78, 5) is 5.68. The molecule has 7 heteroatoms. The molecule has 0 aliphatic heterocycles. The third-order valence-corrected chi connectivity index (χ3v) is 4.18. The quantitative estimate of drug-likeness (QED) is 0.757. The van der Waals surface area contributed by atoms with Crippen molar-refractivity contribution in [3.8, 4) is 11.4 Å². The maximum absolute atomic E-state index is 5.12. The van der Waals surface area contributed by atoms with Crippen molar-refractivity contribution in [1.29, 1.82) is 0 Å². The summed E-state index contributed by atoms with van der Waals surface area (Å²) in [5.41, 5.74) is 2.15. The van der Waals surface area contributed by atoms with Crippen molar-refractivity contribution in [1.82, 2.24) is 19.7 Å². The number of rotatable bonds is 6. The van der Waals surface area contributed by atoms with Gasteiger partial charge in [0.25, 0.3) is 0 Å². The molecule has 0 bridgehead atoms. The molecule has 0 amide bonds. The van der Waals surface area contributed by atoms with E-state index in [0.717, 1.165) is 23.8 Å². The summed E-state index contributed by atoms with van der Waals surface area (Å²) in [6.07, 6.45) is 3.48. The van der Waals surface area contributed by atoms with E-state index in [9.17, 15) is 0 Å². The first-order valence-corrected chi connectivity index (χ1v) is 7.74. The number of nitrogens with one attached hydrogen (secondary N) is 1. The number of pyridine rings is 1. The summed E-state index contributed by atoms with van der Waals surface area (Å²) in [6, 6.07) is 6.09. The molecule has 22 heavy (non-hydrogen) atoms. The lowest BCUT2D eigenvalue weighted by Crippen LogP contribution is -2.00. The van der Waals surface area contributed by atoms with Crippen LogP contribution in [0.2, 0.25) is 0 Å². The number of aryl methyl sites for hydroxylation is 1. The lowest BCUT2D eigenvalue weighted by molar-refractivity contribution is 0.185. The van der Waals surface area contributed by atoms with Crippen LogP contribution in [-0.2, 0) is 24.9 Å². The molecule has 0 spiro atoms. The molecule has 3 aromatic rings. The van der Waals surface area contributed by atoms with Gasteiger partial charge in [-0.15, -0.1) is 21.5 Å². The predicted molar refractivity (Wildman–Crippen MR) is 86.6 cm³/mol. The van der Waals surface area contributed by atoms with Gasteiger partial charge in [0.2, 0.25) is 0 Å². The number of hydrogen-bond acceptors (Lipinski definition) is 6. The van der Waals surface area contributed by atoms with Gasteiger partial charge in [-0.1, -0.05) is 0 Å². The number of ether oxygens (including phenoxy) is 1. The van der Waals surface area contributed by atoms with Crippen LogP contribution in [-0.4, -0.2) is 26.9 Å². The van der Waals surface area contributed by atoms with Crippen molar-refractivity contribution >= 4 is 17.2 Å². The molecule has 0 saturated heterocycles. The van der Waals surface area contributed by atoms with E-state index >= 15 is 0 Å². The number of anilines is 1. The normalized spacial score (nSPS) is 10.8. The zero-order valence-electron chi connectivity index (χ0n) is 12.5. The molecule has 0 aliphatic carbocycles. The first kappa shape index (κ1) is 14.7. The minimum atomic E-state index is 0.654. The van der Waals surface area contributed by atoms with Gasteiger partial charge in [0.05, 0.1) is 13.2 Å². The molecule has 0 unspecified atom stereocenters. The molecular weight excluding hydrogens is 298 g/mol. The standard InChI is InChI=1S/C15H17N5OS/c1-20-10-18-19-15(20)12-3-4-14(16-6-12)17-7-13-5-11(8-21-2)9-22-13/h3-6,9-10H,7-8H2,1-2H3,(H,16,17). The summed E-state index contributed by atoms with van der Waals surface area (Å²) >= 11 is 1.72. The third kappa shape index (κ3) is 3.32. The second-order valence-corrected chi connectivity index (χ2v) is 5.90. The van der Waals surface area contributed by atoms with Gasteiger partial charge >= 0.3 is 0 Å². The molecule has 3 heterocycles. The largest absolute Gasteiger partial charge is 0.380 e. The highest BCUT2D eigenvalue weighted by molar-refractivity contribution is 7.10. The summed E-state index contributed by atoms with van der Waals surface area (Å²) in [7, 11) is 3.62. The molecule has 0 saturated carbocycles. The lowest BCUT2D eigenvalue weighted by atomic mass is 10.2. The van der Waals surface area contributed by atoms with Gasteiger partial charge in [0.15, 0.2) is 5.82 Å². The summed E-state index contributed by atoms with van der Waals surface area (Å²) in [5, 5.41) is 13.4. The molecule has 0 atom stereocenters. The number of hydrogen-bond donors (Lipinski definition) is 1. The third-order valence-electron chi connectivity index (χ3n) is 3.20. The molecule has 3 aromatic heterocycles. The first-order valence-electron chi connectivity index (χ1n) is 6.86. The molecule has 114 valence electrons. The Balaban J connectivity index is 1.62. The fourth-order valence-electron chi connectivity index (χ4n) is 2.11. The summed E-state index contributed by atoms with van der Waals surface area (Å²) in [5.74, 6) is 1.65. The second kappa shape index (κ2) is 6.67. The van der Waals surface area contributed by atoms with E-state index in [1.165, 1.54) is 10.4 Å². The van der Waals surface area contributed by atoms with Crippen LogP contribution in [0, 0.1) is 0 Å². The van der Waals surface area contributed by atoms with Gasteiger partial charge in [-0.2, -0.15) is 0 Å². The van der Waals surface area contributed by atoms with Crippen molar-refractivity contribution in [2.24, 2.45) is 7.05 Å². The molecule has 0 radical (unpaired) electrons. The van der Waals surface area contributed by atoms with Crippen molar-refractivity contribution in [2.75, 3.05) is 12.4 Å². The highest BCUT2D eigenvalue weighted by Gasteiger charge is 2.05. The van der Waals surface area contributed by atoms with Crippen LogP contribution in [0.25, 0.3) is 11.4 Å². The van der Waals surface area contributed by atoms with Gasteiger partial charge in [-0.25, -0.2) is 4.98 Å². The molecule has 1 N–H and O–H groups in total. The SMILES string of the molecule is COCc1csc(CNc2ccc(-c3nncn3C)cn2)c1. The van der Waals surface area contributed by atoms with Crippen molar-refractivity contribution in [3.63, 3.8) is 0 Å². The Morgan fingerprint density at radius 3 is 2.95 bits per heavy atom. The Bertz CT molecular complexity index is 734. The van der Waals surface area contributed by atoms with Crippen LogP contribution in [0.15, 0.2) is 36.1 Å². The molecular formula is C15H17N5OS. The predicted octanol–water partition coefficient (Wildman–Crippen LogP) is 2.70. The molecule has 3 rings (SSSR count). The first-order chi connectivity index (χ1) is 10.8. The maximum atomic E-state index is 5.12. The zero-order chi connectivity index (χ0) is 15.4. The number of thiophene rings is 1. The van der Waals surface area contributed by atoms with Crippen LogP contribution >= 0.6 is 11.3 Å². The van der Waals surface area contributed by atoms with Gasteiger partial charge in [0, 0.05) is 30.8 Å². The average molecular weight is 315 g/mol. The van der Waals surface area contributed by atoms with Crippen molar-refractivity contribution in [2.45, 2.75) is 13.2 Å². The van der Waals surface area contributed by atoms with Crippen LogP contribution in [0.1, 0.15) is 10.4 Å². The minimum Gasteiger partial charge on any atom is -0.380 e. The Labute approximate surface area is 132 Å². The van der Waals surface area contributed by atoms with Crippen LogP contribution in [0.4, 0.5) is 5.82 Å². The van der Waals surface area contributed by atoms with Crippen molar-refractivity contribution < 1.29 is 4.74 Å². The van der Waals surface area contributed by atoms with E-state index in [2.05, 4.69) is 31.9 Å². The van der Waals surface area contributed by atoms with Crippen LogP contribution < -0.4 is 5.32 Å². The number of nitrogens with zero attached hydrogens (tertiary/aromatic N) is 4. The molecule has 0 aromatic carbocycles. The van der Waals surface area contributed by atoms with Gasteiger partial charge in [-0.3, -0.25) is 0 Å². The summed E-state index contributed by atoms with van der Waals surface area (Å²) < 4.78 is 6.99. The Hall–Kier alpha value is -2.25. The highest BCUT2D eigenvalue weighted by Crippen LogP contribution is 2.19. The minimum absolute atomic E-state index is 0.654. The fraction of sp³-hybridized carbons (Fsp3) is 0.267. The van der Waals surface area contributed by atoms with E-state index in [-0.39, 0.29) is 0 Å². The molecule has 0 aliphatic rings. The van der Waals surface area contributed by atoms with Crippen LogP contribution in [0.3, 0.4) is 0 Å². The Kier molecular flexibility index (Phi) is 4.45. The molecule has 0 fully saturated rings. The topological polar surface area (TPSA) is 64.9 Å². The van der Waals surface area contributed by atoms with E-state index in [0.29, 0.717) is 6.61 Å². The Morgan fingerprint density at radius 2 is 2.27 bits per heavy atom. The maximum Gasteiger partial charge on any atom is 0.165 e. The van der Waals surface area contributed by atoms with Gasteiger partial charge < -0.3 is 14.6 Å². The van der Waals surface area contributed by atoms with E-state index in [4.69, 9.17) is 4.74 Å². The average Bonchev–Trinajstić information content (AvgIpc) is 3.15. The van der Waals surface area contributed by atoms with E-state index in [1.807, 2.05) is 23.7 Å². The van der Waals surface area contributed by atoms with Gasteiger partial charge in [-0.05, 0) is 29.1 Å². The Morgan fingerprint density at radius 1 is 1.36 bits per heavy atom. The second-order valence-electron chi connectivity index (χ2n) is 4.91. The van der Waals surface area contributed by atoms with Crippen molar-refractivity contribution in [3.05, 3.63) is 46.5 Å². The lowest BCUT2D eigenvalue weighted by Gasteiger charge is -2.05. The monoisotopic (exact) mass is 315 g/mol. The van der Waals surface area contributed by atoms with E-state index < -0.39 is 0 Å². The summed E-state index contributed by atoms with van der Waals surface area (Å²) in [6.45, 7) is 1.41. The molecule has 6 nitrogen and oxygen atoms in total. The fourth-order valence-corrected chi connectivity index (χ4v) is 2.93.